The fourth-order valence-corrected chi connectivity index (χ4v) is 2.76. The second kappa shape index (κ2) is 8.92. The van der Waals surface area contributed by atoms with Crippen molar-refractivity contribution in [1.82, 2.24) is 20.6 Å². The van der Waals surface area contributed by atoms with Crippen LogP contribution in [0.25, 0.3) is 11.4 Å². The summed E-state index contributed by atoms with van der Waals surface area (Å²) in [6.07, 6.45) is 0.325. The number of hydrogen-bond acceptors (Lipinski definition) is 4. The largest absolute Gasteiger partial charge is 0.465 e. The van der Waals surface area contributed by atoms with E-state index in [1.54, 1.807) is 31.2 Å². The molecule has 0 saturated carbocycles. The van der Waals surface area contributed by atoms with Crippen molar-refractivity contribution in [3.63, 3.8) is 0 Å². The number of halogens is 1. The van der Waals surface area contributed by atoms with Gasteiger partial charge in [-0.1, -0.05) is 36.4 Å². The first-order valence-electron chi connectivity index (χ1n) is 8.85. The Balaban J connectivity index is 1.67. The summed E-state index contributed by atoms with van der Waals surface area (Å²) in [5.41, 5.74) is 2.97. The number of carboxylic acid groups (broad SMARTS) is 1. The van der Waals surface area contributed by atoms with Crippen LogP contribution in [0.1, 0.15) is 27.2 Å². The smallest absolute Gasteiger partial charge is 0.404 e. The molecule has 3 N–H and O–H groups in total. The van der Waals surface area contributed by atoms with Crippen LogP contribution in [0.4, 0.5) is 9.18 Å². The van der Waals surface area contributed by atoms with Gasteiger partial charge in [0.15, 0.2) is 5.82 Å². The molecule has 0 saturated heterocycles. The van der Waals surface area contributed by atoms with Gasteiger partial charge in [0.2, 0.25) is 0 Å². The van der Waals surface area contributed by atoms with Crippen LogP contribution < -0.4 is 10.6 Å². The van der Waals surface area contributed by atoms with Crippen LogP contribution in [0, 0.1) is 12.7 Å². The van der Waals surface area contributed by atoms with Crippen molar-refractivity contribution in [3.05, 3.63) is 82.9 Å². The van der Waals surface area contributed by atoms with Crippen molar-refractivity contribution in [2.75, 3.05) is 0 Å². The van der Waals surface area contributed by atoms with Crippen molar-refractivity contribution in [3.8, 4) is 11.4 Å². The minimum atomic E-state index is -1.10. The molecule has 3 aromatic rings. The van der Waals surface area contributed by atoms with Crippen LogP contribution in [-0.2, 0) is 13.1 Å². The molecule has 7 nitrogen and oxygen atoms in total. The Labute approximate surface area is 166 Å². The number of aromatic nitrogens is 2. The van der Waals surface area contributed by atoms with E-state index in [4.69, 9.17) is 5.11 Å². The number of aryl methyl sites for hydroxylation is 1. The third kappa shape index (κ3) is 5.35. The average molecular weight is 394 g/mol. The fourth-order valence-electron chi connectivity index (χ4n) is 2.76. The van der Waals surface area contributed by atoms with E-state index in [1.165, 1.54) is 18.3 Å². The first kappa shape index (κ1) is 19.9. The van der Waals surface area contributed by atoms with Crippen molar-refractivity contribution in [1.29, 1.82) is 0 Å². The highest BCUT2D eigenvalue weighted by molar-refractivity contribution is 5.95. The lowest BCUT2D eigenvalue weighted by Crippen LogP contribution is -2.24. The van der Waals surface area contributed by atoms with E-state index in [2.05, 4.69) is 20.6 Å². The summed E-state index contributed by atoms with van der Waals surface area (Å²) < 4.78 is 13.4. The van der Waals surface area contributed by atoms with Crippen LogP contribution >= 0.6 is 0 Å². The van der Waals surface area contributed by atoms with Crippen LogP contribution in [0.3, 0.4) is 0 Å². The summed E-state index contributed by atoms with van der Waals surface area (Å²) in [7, 11) is 0. The summed E-state index contributed by atoms with van der Waals surface area (Å²) in [4.78, 5) is 31.6. The zero-order chi connectivity index (χ0) is 20.8. The molecule has 0 aliphatic carbocycles. The number of carbonyl (C=O) groups excluding carboxylic acids is 1. The number of rotatable bonds is 6. The molecule has 1 aromatic heterocycles. The Morgan fingerprint density at radius 3 is 2.38 bits per heavy atom. The summed E-state index contributed by atoms with van der Waals surface area (Å²) in [5, 5.41) is 13.8. The lowest BCUT2D eigenvalue weighted by atomic mass is 10.1. The van der Waals surface area contributed by atoms with Crippen molar-refractivity contribution in [2.24, 2.45) is 0 Å². The van der Waals surface area contributed by atoms with E-state index in [1.807, 2.05) is 12.1 Å². The maximum atomic E-state index is 13.4. The maximum Gasteiger partial charge on any atom is 0.404 e. The van der Waals surface area contributed by atoms with Crippen molar-refractivity contribution >= 4 is 12.0 Å². The minimum Gasteiger partial charge on any atom is -0.465 e. The normalized spacial score (nSPS) is 10.4. The number of benzene rings is 2. The first-order chi connectivity index (χ1) is 13.9. The summed E-state index contributed by atoms with van der Waals surface area (Å²) >= 11 is 0. The average Bonchev–Trinajstić information content (AvgIpc) is 2.70. The van der Waals surface area contributed by atoms with Crippen LogP contribution in [0.5, 0.6) is 0 Å². The lowest BCUT2D eigenvalue weighted by molar-refractivity contribution is 0.0949. The van der Waals surface area contributed by atoms with E-state index in [9.17, 15) is 14.0 Å². The summed E-state index contributed by atoms with van der Waals surface area (Å²) in [6, 6.07) is 13.2. The number of carbonyl (C=O) groups is 2. The monoisotopic (exact) mass is 394 g/mol. The van der Waals surface area contributed by atoms with Gasteiger partial charge in [-0.3, -0.25) is 4.79 Å². The van der Waals surface area contributed by atoms with Gasteiger partial charge in [0.1, 0.15) is 5.82 Å². The van der Waals surface area contributed by atoms with E-state index in [-0.39, 0.29) is 24.8 Å². The molecule has 0 fully saturated rings. The number of amides is 2. The SMILES string of the molecule is Cc1nc(-c2cccc(F)c2)ncc1C(=O)NCc1cccc(CNC(=O)O)c1. The molecule has 0 atom stereocenters. The molecule has 148 valence electrons. The molecule has 8 heteroatoms. The minimum absolute atomic E-state index is 0.186. The van der Waals surface area contributed by atoms with E-state index in [0.717, 1.165) is 11.1 Å². The highest BCUT2D eigenvalue weighted by Gasteiger charge is 2.13. The molecule has 2 amide bonds. The third-order valence-corrected chi connectivity index (χ3v) is 4.19. The molecule has 0 bridgehead atoms. The Bertz CT molecular complexity index is 1060. The molecule has 0 radical (unpaired) electrons. The van der Waals surface area contributed by atoms with Gasteiger partial charge in [-0.2, -0.15) is 0 Å². The van der Waals surface area contributed by atoms with Crippen LogP contribution in [-0.4, -0.2) is 27.1 Å². The molecule has 3 rings (SSSR count). The van der Waals surface area contributed by atoms with E-state index >= 15 is 0 Å². The molecule has 0 aliphatic rings. The van der Waals surface area contributed by atoms with Gasteiger partial charge in [-0.15, -0.1) is 0 Å². The predicted molar refractivity (Wildman–Crippen MR) is 105 cm³/mol. The van der Waals surface area contributed by atoms with Crippen molar-refractivity contribution < 1.29 is 19.1 Å². The number of hydrogen-bond donors (Lipinski definition) is 3. The standard InChI is InChI=1S/C21H19FN4O3/c1-13-18(12-23-19(26-13)16-6-3-7-17(22)9-16)20(27)24-10-14-4-2-5-15(8-14)11-25-21(28)29/h2-9,12,25H,10-11H2,1H3,(H,24,27)(H,28,29). The van der Waals surface area contributed by atoms with E-state index in [0.29, 0.717) is 22.6 Å². The molecular formula is C21H19FN4O3. The Morgan fingerprint density at radius 1 is 1.03 bits per heavy atom. The van der Waals surface area contributed by atoms with Gasteiger partial charge < -0.3 is 15.7 Å². The molecule has 0 aliphatic heterocycles. The van der Waals surface area contributed by atoms with Gasteiger partial charge in [-0.25, -0.2) is 19.2 Å². The lowest BCUT2D eigenvalue weighted by Gasteiger charge is -2.10. The van der Waals surface area contributed by atoms with Crippen molar-refractivity contribution in [2.45, 2.75) is 20.0 Å². The van der Waals surface area contributed by atoms with Gasteiger partial charge >= 0.3 is 6.09 Å². The Hall–Kier alpha value is -3.81. The summed E-state index contributed by atoms with van der Waals surface area (Å²) in [5.74, 6) is -0.370. The maximum absolute atomic E-state index is 13.4. The van der Waals surface area contributed by atoms with Crippen LogP contribution in [0.15, 0.2) is 54.7 Å². The topological polar surface area (TPSA) is 104 Å². The third-order valence-electron chi connectivity index (χ3n) is 4.19. The predicted octanol–water partition coefficient (Wildman–Crippen LogP) is 3.29. The molecule has 0 unspecified atom stereocenters. The Kier molecular flexibility index (Phi) is 6.13. The highest BCUT2D eigenvalue weighted by Crippen LogP contribution is 2.17. The van der Waals surface area contributed by atoms with Gasteiger partial charge in [-0.05, 0) is 30.2 Å². The van der Waals surface area contributed by atoms with Gasteiger partial charge in [0.25, 0.3) is 5.91 Å². The van der Waals surface area contributed by atoms with Gasteiger partial charge in [0, 0.05) is 24.8 Å². The second-order valence-corrected chi connectivity index (χ2v) is 6.36. The molecule has 1 heterocycles. The zero-order valence-corrected chi connectivity index (χ0v) is 15.6. The Morgan fingerprint density at radius 2 is 1.72 bits per heavy atom. The zero-order valence-electron chi connectivity index (χ0n) is 15.6. The highest BCUT2D eigenvalue weighted by atomic mass is 19.1. The first-order valence-corrected chi connectivity index (χ1v) is 8.85. The second-order valence-electron chi connectivity index (χ2n) is 6.36. The quantitative estimate of drug-likeness (QED) is 0.595. The number of nitrogens with one attached hydrogen (secondary N) is 2. The summed E-state index contributed by atoms with van der Waals surface area (Å²) in [6.45, 7) is 2.15. The van der Waals surface area contributed by atoms with E-state index < -0.39 is 6.09 Å². The molecular weight excluding hydrogens is 375 g/mol. The molecule has 2 aromatic carbocycles. The molecule has 0 spiro atoms. The fraction of sp³-hybridized carbons (Fsp3) is 0.143. The molecule has 29 heavy (non-hydrogen) atoms. The van der Waals surface area contributed by atoms with Gasteiger partial charge in [0.05, 0.1) is 11.3 Å². The van der Waals surface area contributed by atoms with Crippen LogP contribution in [0.2, 0.25) is 0 Å². The number of nitrogens with zero attached hydrogens (tertiary/aromatic N) is 2.